The first kappa shape index (κ1) is 14.7. The minimum atomic E-state index is -0.217. The Morgan fingerprint density at radius 2 is 2.29 bits per heavy atom. The molecule has 1 heterocycles. The molecule has 2 nitrogen and oxygen atoms in total. The van der Waals surface area contributed by atoms with Crippen LogP contribution in [0.1, 0.15) is 12.0 Å². The Bertz CT molecular complexity index is 347. The molecule has 1 aromatic rings. The average Bonchev–Trinajstić information content (AvgIpc) is 2.76. The third-order valence-electron chi connectivity index (χ3n) is 3.13. The molecule has 0 saturated carbocycles. The van der Waals surface area contributed by atoms with Crippen molar-refractivity contribution in [3.8, 4) is 0 Å². The second-order valence-corrected chi connectivity index (χ2v) is 4.67. The Hall–Kier alpha value is -0.350. The van der Waals surface area contributed by atoms with Gasteiger partial charge in [0.2, 0.25) is 0 Å². The molecule has 0 aromatic heterocycles. The molecule has 0 aliphatic carbocycles. The lowest BCUT2D eigenvalue weighted by atomic mass is 10.1. The third kappa shape index (κ3) is 3.55. The molecule has 1 fully saturated rings. The van der Waals surface area contributed by atoms with Gasteiger partial charge in [0.25, 0.3) is 0 Å². The van der Waals surface area contributed by atoms with Crippen molar-refractivity contribution in [2.45, 2.75) is 19.0 Å². The number of rotatable bonds is 3. The van der Waals surface area contributed by atoms with Crippen molar-refractivity contribution in [1.29, 1.82) is 0 Å². The summed E-state index contributed by atoms with van der Waals surface area (Å²) >= 11 is 6.00. The number of nitrogens with zero attached hydrogens (tertiary/aromatic N) is 1. The lowest BCUT2D eigenvalue weighted by molar-refractivity contribution is 0.245. The molecule has 1 N–H and O–H groups in total. The monoisotopic (exact) mass is 278 g/mol. The van der Waals surface area contributed by atoms with Crippen LogP contribution in [-0.2, 0) is 6.54 Å². The van der Waals surface area contributed by atoms with Gasteiger partial charge in [-0.05, 0) is 32.1 Å². The summed E-state index contributed by atoms with van der Waals surface area (Å²) < 4.78 is 13.6. The molecule has 1 aliphatic heterocycles. The summed E-state index contributed by atoms with van der Waals surface area (Å²) in [6, 6.07) is 5.32. The fourth-order valence-electron chi connectivity index (χ4n) is 2.08. The van der Waals surface area contributed by atoms with Gasteiger partial charge < -0.3 is 5.32 Å². The van der Waals surface area contributed by atoms with Gasteiger partial charge in [0.05, 0.1) is 0 Å². The molecule has 0 amide bonds. The van der Waals surface area contributed by atoms with Gasteiger partial charge >= 0.3 is 0 Å². The lowest BCUT2D eigenvalue weighted by Gasteiger charge is -2.24. The molecule has 96 valence electrons. The summed E-state index contributed by atoms with van der Waals surface area (Å²) in [5, 5.41) is 3.81. The number of nitrogens with one attached hydrogen (secondary N) is 1. The molecular formula is C12H17Cl2FN2. The van der Waals surface area contributed by atoms with E-state index in [2.05, 4.69) is 10.2 Å². The van der Waals surface area contributed by atoms with E-state index < -0.39 is 0 Å². The van der Waals surface area contributed by atoms with E-state index in [4.69, 9.17) is 11.6 Å². The van der Waals surface area contributed by atoms with Crippen LogP contribution in [-0.4, -0.2) is 31.1 Å². The Morgan fingerprint density at radius 1 is 1.53 bits per heavy atom. The van der Waals surface area contributed by atoms with Crippen molar-refractivity contribution in [3.05, 3.63) is 34.6 Å². The lowest BCUT2D eigenvalue weighted by Crippen LogP contribution is -2.33. The Morgan fingerprint density at radius 3 is 2.88 bits per heavy atom. The second-order valence-electron chi connectivity index (χ2n) is 4.26. The van der Waals surface area contributed by atoms with Gasteiger partial charge in [0.15, 0.2) is 0 Å². The third-order valence-corrected chi connectivity index (χ3v) is 3.48. The van der Waals surface area contributed by atoms with Crippen LogP contribution >= 0.6 is 24.0 Å². The molecule has 0 spiro atoms. The van der Waals surface area contributed by atoms with Crippen LogP contribution in [0.25, 0.3) is 0 Å². The van der Waals surface area contributed by atoms with Gasteiger partial charge in [0.1, 0.15) is 5.82 Å². The number of likely N-dealkylation sites (N-methyl/N-ethyl adjacent to an activating group) is 1. The standard InChI is InChI=1S/C12H16ClFN2.ClH/c1-16(9-5-6-15-7-9)8-10-11(13)3-2-4-12(10)14;/h2-4,9,15H,5-8H2,1H3;1H. The summed E-state index contributed by atoms with van der Waals surface area (Å²) in [5.41, 5.74) is 0.596. The predicted octanol–water partition coefficient (Wildman–Crippen LogP) is 2.69. The number of hydrogen-bond acceptors (Lipinski definition) is 2. The van der Waals surface area contributed by atoms with Gasteiger partial charge in [-0.15, -0.1) is 12.4 Å². The average molecular weight is 279 g/mol. The highest BCUT2D eigenvalue weighted by molar-refractivity contribution is 6.31. The molecule has 0 radical (unpaired) electrons. The molecular weight excluding hydrogens is 262 g/mol. The maximum Gasteiger partial charge on any atom is 0.129 e. The quantitative estimate of drug-likeness (QED) is 0.915. The highest BCUT2D eigenvalue weighted by Crippen LogP contribution is 2.21. The normalized spacial score (nSPS) is 19.4. The molecule has 5 heteroatoms. The van der Waals surface area contributed by atoms with E-state index in [9.17, 15) is 4.39 Å². The smallest absolute Gasteiger partial charge is 0.129 e. The zero-order chi connectivity index (χ0) is 11.5. The largest absolute Gasteiger partial charge is 0.315 e. The summed E-state index contributed by atoms with van der Waals surface area (Å²) in [5.74, 6) is -0.217. The molecule has 1 aliphatic rings. The van der Waals surface area contributed by atoms with Gasteiger partial charge in [0, 0.05) is 29.7 Å². The Labute approximate surface area is 113 Å². The van der Waals surface area contributed by atoms with Crippen molar-refractivity contribution in [3.63, 3.8) is 0 Å². The van der Waals surface area contributed by atoms with Crippen molar-refractivity contribution in [2.75, 3.05) is 20.1 Å². The fraction of sp³-hybridized carbons (Fsp3) is 0.500. The molecule has 1 aromatic carbocycles. The first-order valence-electron chi connectivity index (χ1n) is 5.52. The van der Waals surface area contributed by atoms with Gasteiger partial charge in [-0.1, -0.05) is 17.7 Å². The van der Waals surface area contributed by atoms with Gasteiger partial charge in [-0.3, -0.25) is 4.90 Å². The van der Waals surface area contributed by atoms with Crippen LogP contribution in [0.15, 0.2) is 18.2 Å². The van der Waals surface area contributed by atoms with Crippen LogP contribution in [0.3, 0.4) is 0 Å². The van der Waals surface area contributed by atoms with Crippen LogP contribution in [0, 0.1) is 5.82 Å². The molecule has 2 rings (SSSR count). The Balaban J connectivity index is 0.00000144. The Kier molecular flexibility index (Phi) is 5.67. The van der Waals surface area contributed by atoms with Crippen LogP contribution in [0.2, 0.25) is 5.02 Å². The van der Waals surface area contributed by atoms with Crippen molar-refractivity contribution >= 4 is 24.0 Å². The minimum absolute atomic E-state index is 0. The van der Waals surface area contributed by atoms with Gasteiger partial charge in [-0.25, -0.2) is 4.39 Å². The SMILES string of the molecule is CN(Cc1c(F)cccc1Cl)C1CCNC1.Cl. The molecule has 1 unspecified atom stereocenters. The summed E-state index contributed by atoms with van der Waals surface area (Å²) in [4.78, 5) is 2.16. The zero-order valence-electron chi connectivity index (χ0n) is 9.75. The van der Waals surface area contributed by atoms with E-state index in [1.807, 2.05) is 7.05 Å². The first-order valence-corrected chi connectivity index (χ1v) is 5.90. The zero-order valence-corrected chi connectivity index (χ0v) is 11.3. The topological polar surface area (TPSA) is 15.3 Å². The van der Waals surface area contributed by atoms with E-state index in [1.165, 1.54) is 6.07 Å². The van der Waals surface area contributed by atoms with Crippen molar-refractivity contribution < 1.29 is 4.39 Å². The summed E-state index contributed by atoms with van der Waals surface area (Å²) in [6.45, 7) is 2.58. The van der Waals surface area contributed by atoms with E-state index in [-0.39, 0.29) is 18.2 Å². The maximum absolute atomic E-state index is 13.6. The van der Waals surface area contributed by atoms with E-state index in [0.29, 0.717) is 23.2 Å². The molecule has 1 saturated heterocycles. The van der Waals surface area contributed by atoms with Crippen molar-refractivity contribution in [1.82, 2.24) is 10.2 Å². The van der Waals surface area contributed by atoms with Crippen LogP contribution in [0.4, 0.5) is 4.39 Å². The van der Waals surface area contributed by atoms with E-state index in [1.54, 1.807) is 12.1 Å². The van der Waals surface area contributed by atoms with Crippen LogP contribution in [0.5, 0.6) is 0 Å². The highest BCUT2D eigenvalue weighted by Gasteiger charge is 2.20. The summed E-state index contributed by atoms with van der Waals surface area (Å²) in [7, 11) is 2.01. The highest BCUT2D eigenvalue weighted by atomic mass is 35.5. The number of hydrogen-bond donors (Lipinski definition) is 1. The second kappa shape index (κ2) is 6.55. The maximum atomic E-state index is 13.6. The summed E-state index contributed by atoms with van der Waals surface area (Å²) in [6.07, 6.45) is 1.11. The fourth-order valence-corrected chi connectivity index (χ4v) is 2.30. The number of halogens is 3. The molecule has 0 bridgehead atoms. The first-order chi connectivity index (χ1) is 7.68. The number of benzene rings is 1. The molecule has 17 heavy (non-hydrogen) atoms. The van der Waals surface area contributed by atoms with E-state index in [0.717, 1.165) is 19.5 Å². The van der Waals surface area contributed by atoms with Crippen LogP contribution < -0.4 is 5.32 Å². The van der Waals surface area contributed by atoms with Crippen molar-refractivity contribution in [2.24, 2.45) is 0 Å². The minimum Gasteiger partial charge on any atom is -0.315 e. The van der Waals surface area contributed by atoms with Gasteiger partial charge in [-0.2, -0.15) is 0 Å². The molecule has 1 atom stereocenters. The predicted molar refractivity (Wildman–Crippen MR) is 71.4 cm³/mol. The van der Waals surface area contributed by atoms with E-state index >= 15 is 0 Å².